The van der Waals surface area contributed by atoms with Gasteiger partial charge in [0.25, 0.3) is 0 Å². The molecule has 6 heteroatoms. The minimum Gasteiger partial charge on any atom is -0.374 e. The predicted octanol–water partition coefficient (Wildman–Crippen LogP) is 3.39. The number of nitrogens with one attached hydrogen (secondary N) is 1. The van der Waals surface area contributed by atoms with E-state index in [1.165, 1.54) is 5.56 Å². The number of benzene rings is 1. The number of ether oxygens (including phenoxy) is 2. The van der Waals surface area contributed by atoms with Crippen molar-refractivity contribution >= 4 is 0 Å². The summed E-state index contributed by atoms with van der Waals surface area (Å²) in [6, 6.07) is 10.5. The smallest absolute Gasteiger partial charge is 0.180 e. The van der Waals surface area contributed by atoms with Gasteiger partial charge < -0.3 is 14.9 Å². The first-order chi connectivity index (χ1) is 11.1. The van der Waals surface area contributed by atoms with Crippen molar-refractivity contribution < 1.29 is 9.47 Å². The molecule has 3 unspecified atom stereocenters. The third-order valence-electron chi connectivity index (χ3n) is 4.04. The molecule has 126 valence electrons. The van der Waals surface area contributed by atoms with Crippen molar-refractivity contribution in [2.45, 2.75) is 45.4 Å². The maximum atomic E-state index is 5.42. The molecule has 0 spiro atoms. The van der Waals surface area contributed by atoms with E-state index in [0.717, 1.165) is 18.1 Å². The van der Waals surface area contributed by atoms with Gasteiger partial charge in [0, 0.05) is 14.2 Å². The Kier molecular flexibility index (Phi) is 6.12. The van der Waals surface area contributed by atoms with Gasteiger partial charge in [0.15, 0.2) is 11.6 Å². The molecular weight excluding hydrogens is 292 g/mol. The minimum absolute atomic E-state index is 0.151. The SMILES string of the molecule is CCC(Nn1c(C(C)OC)nnc1C(C)OC)c1ccccc1. The normalized spacial score (nSPS) is 15.2. The van der Waals surface area contributed by atoms with Crippen molar-refractivity contribution in [2.24, 2.45) is 0 Å². The van der Waals surface area contributed by atoms with Gasteiger partial charge in [0.2, 0.25) is 0 Å². The Balaban J connectivity index is 2.37. The molecule has 0 aliphatic heterocycles. The van der Waals surface area contributed by atoms with Crippen molar-refractivity contribution in [3.05, 3.63) is 47.5 Å². The van der Waals surface area contributed by atoms with Gasteiger partial charge in [0.05, 0.1) is 6.04 Å². The molecule has 2 rings (SSSR count). The summed E-state index contributed by atoms with van der Waals surface area (Å²) in [6.45, 7) is 6.05. The largest absolute Gasteiger partial charge is 0.374 e. The van der Waals surface area contributed by atoms with Gasteiger partial charge in [-0.05, 0) is 25.8 Å². The Morgan fingerprint density at radius 2 is 1.52 bits per heavy atom. The van der Waals surface area contributed by atoms with E-state index < -0.39 is 0 Å². The molecule has 23 heavy (non-hydrogen) atoms. The Labute approximate surface area is 137 Å². The molecule has 0 fully saturated rings. The number of aromatic nitrogens is 3. The van der Waals surface area contributed by atoms with Crippen LogP contribution in [0.1, 0.15) is 62.7 Å². The van der Waals surface area contributed by atoms with Gasteiger partial charge in [-0.15, -0.1) is 10.2 Å². The summed E-state index contributed by atoms with van der Waals surface area (Å²) in [4.78, 5) is 0. The zero-order valence-electron chi connectivity index (χ0n) is 14.5. The Morgan fingerprint density at radius 1 is 1.00 bits per heavy atom. The lowest BCUT2D eigenvalue weighted by Gasteiger charge is -2.24. The lowest BCUT2D eigenvalue weighted by molar-refractivity contribution is 0.101. The van der Waals surface area contributed by atoms with Crippen LogP contribution in [0.5, 0.6) is 0 Å². The zero-order valence-corrected chi connectivity index (χ0v) is 14.5. The quantitative estimate of drug-likeness (QED) is 0.808. The van der Waals surface area contributed by atoms with Gasteiger partial charge in [0.1, 0.15) is 12.2 Å². The third-order valence-corrected chi connectivity index (χ3v) is 4.04. The first kappa shape index (κ1) is 17.4. The molecule has 1 heterocycles. The predicted molar refractivity (Wildman–Crippen MR) is 89.7 cm³/mol. The molecule has 0 saturated heterocycles. The van der Waals surface area contributed by atoms with Crippen LogP contribution in [0.4, 0.5) is 0 Å². The summed E-state index contributed by atoms with van der Waals surface area (Å²) in [7, 11) is 3.33. The average molecular weight is 318 g/mol. The summed E-state index contributed by atoms with van der Waals surface area (Å²) in [5, 5.41) is 8.56. The highest BCUT2D eigenvalue weighted by molar-refractivity contribution is 5.22. The second-order valence-corrected chi connectivity index (χ2v) is 5.51. The van der Waals surface area contributed by atoms with Gasteiger partial charge in [-0.3, -0.25) is 0 Å². The summed E-state index contributed by atoms with van der Waals surface area (Å²) in [5.41, 5.74) is 4.74. The number of hydrogen-bond donors (Lipinski definition) is 1. The summed E-state index contributed by atoms with van der Waals surface area (Å²) < 4.78 is 12.7. The molecule has 0 aliphatic carbocycles. The third kappa shape index (κ3) is 3.89. The molecule has 0 aliphatic rings. The summed E-state index contributed by atoms with van der Waals surface area (Å²) in [5.74, 6) is 1.47. The van der Waals surface area contributed by atoms with Crippen molar-refractivity contribution in [3.8, 4) is 0 Å². The topological polar surface area (TPSA) is 61.2 Å². The van der Waals surface area contributed by atoms with Crippen LogP contribution in [0.25, 0.3) is 0 Å². The van der Waals surface area contributed by atoms with Crippen LogP contribution in [-0.2, 0) is 9.47 Å². The van der Waals surface area contributed by atoms with E-state index >= 15 is 0 Å². The van der Waals surface area contributed by atoms with E-state index in [9.17, 15) is 0 Å². The second-order valence-electron chi connectivity index (χ2n) is 5.51. The van der Waals surface area contributed by atoms with Gasteiger partial charge >= 0.3 is 0 Å². The first-order valence-electron chi connectivity index (χ1n) is 7.94. The van der Waals surface area contributed by atoms with Gasteiger partial charge in [-0.25, -0.2) is 4.68 Å². The van der Waals surface area contributed by atoms with E-state index in [0.29, 0.717) is 0 Å². The van der Waals surface area contributed by atoms with Crippen molar-refractivity contribution in [1.29, 1.82) is 0 Å². The molecule has 3 atom stereocenters. The van der Waals surface area contributed by atoms with Crippen LogP contribution in [-0.4, -0.2) is 29.1 Å². The van der Waals surface area contributed by atoms with Crippen LogP contribution in [0.15, 0.2) is 30.3 Å². The lowest BCUT2D eigenvalue weighted by Crippen LogP contribution is -2.26. The van der Waals surface area contributed by atoms with Crippen molar-refractivity contribution in [1.82, 2.24) is 14.9 Å². The van der Waals surface area contributed by atoms with Crippen LogP contribution < -0.4 is 5.43 Å². The molecule has 0 bridgehead atoms. The van der Waals surface area contributed by atoms with E-state index in [4.69, 9.17) is 9.47 Å². The fourth-order valence-corrected chi connectivity index (χ4v) is 2.42. The first-order valence-corrected chi connectivity index (χ1v) is 7.94. The van der Waals surface area contributed by atoms with Crippen molar-refractivity contribution in [3.63, 3.8) is 0 Å². The van der Waals surface area contributed by atoms with Crippen LogP contribution >= 0.6 is 0 Å². The van der Waals surface area contributed by atoms with Crippen LogP contribution in [0.2, 0.25) is 0 Å². The molecule has 2 aromatic rings. The molecule has 0 radical (unpaired) electrons. The molecule has 0 amide bonds. The lowest BCUT2D eigenvalue weighted by atomic mass is 10.1. The Bertz CT molecular complexity index is 572. The molecule has 0 saturated carbocycles. The second kappa shape index (κ2) is 8.08. The molecule has 1 N–H and O–H groups in total. The number of hydrogen-bond acceptors (Lipinski definition) is 5. The minimum atomic E-state index is -0.166. The van der Waals surface area contributed by atoms with Gasteiger partial charge in [-0.1, -0.05) is 37.3 Å². The molecule has 6 nitrogen and oxygen atoms in total. The van der Waals surface area contributed by atoms with Gasteiger partial charge in [-0.2, -0.15) is 0 Å². The Hall–Kier alpha value is -1.92. The maximum Gasteiger partial charge on any atom is 0.180 e. The van der Waals surface area contributed by atoms with E-state index in [1.54, 1.807) is 14.2 Å². The highest BCUT2D eigenvalue weighted by Gasteiger charge is 2.23. The standard InChI is InChI=1S/C17H26N4O2/c1-6-15(14-10-8-7-9-11-14)20-21-16(12(2)22-4)18-19-17(21)13(3)23-5/h7-13,15,20H,6H2,1-5H3. The van der Waals surface area contributed by atoms with Crippen LogP contribution in [0.3, 0.4) is 0 Å². The number of nitrogens with zero attached hydrogens (tertiary/aromatic N) is 3. The fourth-order valence-electron chi connectivity index (χ4n) is 2.42. The van der Waals surface area contributed by atoms with E-state index in [1.807, 2.05) is 36.7 Å². The molecule has 1 aromatic heterocycles. The number of methoxy groups -OCH3 is 2. The van der Waals surface area contributed by atoms with E-state index in [-0.39, 0.29) is 18.2 Å². The van der Waals surface area contributed by atoms with Crippen LogP contribution in [0, 0.1) is 0 Å². The molecular formula is C17H26N4O2. The van der Waals surface area contributed by atoms with E-state index in [2.05, 4.69) is 34.7 Å². The zero-order chi connectivity index (χ0) is 16.8. The summed E-state index contributed by atoms with van der Waals surface area (Å²) in [6.07, 6.45) is 0.603. The number of rotatable bonds is 8. The average Bonchev–Trinajstić information content (AvgIpc) is 3.02. The van der Waals surface area contributed by atoms with Crippen molar-refractivity contribution in [2.75, 3.05) is 19.6 Å². The molecule has 1 aromatic carbocycles. The highest BCUT2D eigenvalue weighted by atomic mass is 16.5. The monoisotopic (exact) mass is 318 g/mol. The maximum absolute atomic E-state index is 5.42. The highest BCUT2D eigenvalue weighted by Crippen LogP contribution is 2.23. The fraction of sp³-hybridized carbons (Fsp3) is 0.529. The Morgan fingerprint density at radius 3 is 1.96 bits per heavy atom. The summed E-state index contributed by atoms with van der Waals surface area (Å²) >= 11 is 0.